The molecule has 0 aliphatic carbocycles. The number of hydrogen-bond acceptors (Lipinski definition) is 3. The molecule has 0 spiro atoms. The van der Waals surface area contributed by atoms with Gasteiger partial charge in [0.2, 0.25) is 0 Å². The maximum absolute atomic E-state index is 14.2. The molecule has 0 N–H and O–H groups in total. The number of benzene rings is 1. The maximum atomic E-state index is 14.2. The van der Waals surface area contributed by atoms with Gasteiger partial charge in [-0.25, -0.2) is 9.18 Å². The third-order valence-corrected chi connectivity index (χ3v) is 2.74. The summed E-state index contributed by atoms with van der Waals surface area (Å²) in [6.45, 7) is 5.66. The van der Waals surface area contributed by atoms with E-state index in [2.05, 4.69) is 6.58 Å². The van der Waals surface area contributed by atoms with Gasteiger partial charge in [-0.2, -0.15) is 0 Å². The molecule has 19 heavy (non-hydrogen) atoms. The van der Waals surface area contributed by atoms with Crippen LogP contribution in [0.2, 0.25) is 0 Å². The van der Waals surface area contributed by atoms with Gasteiger partial charge in [-0.15, -0.1) is 0 Å². The molecule has 1 aromatic heterocycles. The summed E-state index contributed by atoms with van der Waals surface area (Å²) in [5, 5.41) is 0.463. The molecule has 0 fully saturated rings. The number of hydrogen-bond donors (Lipinski definition) is 0. The van der Waals surface area contributed by atoms with Crippen molar-refractivity contribution < 1.29 is 13.5 Å². The van der Waals surface area contributed by atoms with Crippen LogP contribution < -0.4 is 10.4 Å². The molecule has 0 atom stereocenters. The van der Waals surface area contributed by atoms with Crippen LogP contribution in [0.4, 0.5) is 4.39 Å². The van der Waals surface area contributed by atoms with Crippen molar-refractivity contribution in [3.05, 3.63) is 52.9 Å². The SMILES string of the molecule is C=CCOc1ccc2cc(CCC)oc(=O)c2c1F. The first-order chi connectivity index (χ1) is 9.17. The Kier molecular flexibility index (Phi) is 4.00. The van der Waals surface area contributed by atoms with E-state index in [9.17, 15) is 9.18 Å². The number of ether oxygens (including phenoxy) is 1. The molecule has 4 heteroatoms. The number of fused-ring (bicyclic) bond motifs is 1. The van der Waals surface area contributed by atoms with Gasteiger partial charge in [-0.1, -0.05) is 25.6 Å². The van der Waals surface area contributed by atoms with E-state index in [0.29, 0.717) is 17.6 Å². The van der Waals surface area contributed by atoms with Crippen molar-refractivity contribution in [1.29, 1.82) is 0 Å². The summed E-state index contributed by atoms with van der Waals surface area (Å²) in [6.07, 6.45) is 3.02. The van der Waals surface area contributed by atoms with Crippen LogP contribution >= 0.6 is 0 Å². The predicted octanol–water partition coefficient (Wildman–Crippen LogP) is 3.45. The second-order valence-electron chi connectivity index (χ2n) is 4.19. The van der Waals surface area contributed by atoms with E-state index in [-0.39, 0.29) is 17.7 Å². The van der Waals surface area contributed by atoms with E-state index in [1.807, 2.05) is 6.92 Å². The van der Waals surface area contributed by atoms with Gasteiger partial charge in [-0.05, 0) is 23.9 Å². The molecular weight excluding hydrogens is 247 g/mol. The molecule has 0 aliphatic rings. The molecule has 1 heterocycles. The third kappa shape index (κ3) is 2.67. The van der Waals surface area contributed by atoms with Crippen LogP contribution in [0.15, 0.2) is 40.1 Å². The van der Waals surface area contributed by atoms with E-state index in [4.69, 9.17) is 9.15 Å². The second kappa shape index (κ2) is 5.69. The van der Waals surface area contributed by atoms with Crippen LogP contribution in [0.1, 0.15) is 19.1 Å². The predicted molar refractivity (Wildman–Crippen MR) is 72.1 cm³/mol. The van der Waals surface area contributed by atoms with Crippen molar-refractivity contribution in [3.8, 4) is 5.75 Å². The lowest BCUT2D eigenvalue weighted by molar-refractivity contribution is 0.343. The van der Waals surface area contributed by atoms with Crippen molar-refractivity contribution in [1.82, 2.24) is 0 Å². The van der Waals surface area contributed by atoms with Crippen molar-refractivity contribution >= 4 is 10.8 Å². The van der Waals surface area contributed by atoms with Crippen LogP contribution in [0, 0.1) is 5.82 Å². The molecule has 0 saturated heterocycles. The molecule has 0 amide bonds. The van der Waals surface area contributed by atoms with Gasteiger partial charge in [-0.3, -0.25) is 0 Å². The van der Waals surface area contributed by atoms with Crippen molar-refractivity contribution in [2.75, 3.05) is 6.61 Å². The van der Waals surface area contributed by atoms with Gasteiger partial charge >= 0.3 is 5.63 Å². The summed E-state index contributed by atoms with van der Waals surface area (Å²) in [7, 11) is 0. The van der Waals surface area contributed by atoms with Crippen LogP contribution in [-0.4, -0.2) is 6.61 Å². The number of rotatable bonds is 5. The van der Waals surface area contributed by atoms with Crippen LogP contribution in [-0.2, 0) is 6.42 Å². The highest BCUT2D eigenvalue weighted by Crippen LogP contribution is 2.25. The Hall–Kier alpha value is -2.10. The molecule has 0 unspecified atom stereocenters. The molecule has 0 radical (unpaired) electrons. The first kappa shape index (κ1) is 13.3. The number of aryl methyl sites for hydroxylation is 1. The highest BCUT2D eigenvalue weighted by molar-refractivity contribution is 5.83. The smallest absolute Gasteiger partial charge is 0.346 e. The monoisotopic (exact) mass is 262 g/mol. The molecule has 2 aromatic rings. The van der Waals surface area contributed by atoms with E-state index in [0.717, 1.165) is 6.42 Å². The fraction of sp³-hybridized carbons (Fsp3) is 0.267. The Morgan fingerprint density at radius 1 is 1.47 bits per heavy atom. The van der Waals surface area contributed by atoms with Gasteiger partial charge < -0.3 is 9.15 Å². The average Bonchev–Trinajstić information content (AvgIpc) is 2.38. The minimum atomic E-state index is -0.684. The average molecular weight is 262 g/mol. The minimum absolute atomic E-state index is 0.0305. The molecule has 0 bridgehead atoms. The Balaban J connectivity index is 2.56. The van der Waals surface area contributed by atoms with E-state index in [1.54, 1.807) is 12.1 Å². The lowest BCUT2D eigenvalue weighted by atomic mass is 10.1. The summed E-state index contributed by atoms with van der Waals surface area (Å²) < 4.78 is 24.4. The van der Waals surface area contributed by atoms with Gasteiger partial charge in [0.25, 0.3) is 0 Å². The van der Waals surface area contributed by atoms with Crippen molar-refractivity contribution in [2.24, 2.45) is 0 Å². The summed E-state index contributed by atoms with van der Waals surface area (Å²) in [5.41, 5.74) is -0.664. The first-order valence-electron chi connectivity index (χ1n) is 6.16. The first-order valence-corrected chi connectivity index (χ1v) is 6.16. The van der Waals surface area contributed by atoms with Gasteiger partial charge in [0.1, 0.15) is 17.8 Å². The molecule has 0 aliphatic heterocycles. The van der Waals surface area contributed by atoms with E-state index < -0.39 is 11.4 Å². The number of halogens is 1. The highest BCUT2D eigenvalue weighted by atomic mass is 19.1. The highest BCUT2D eigenvalue weighted by Gasteiger charge is 2.14. The summed E-state index contributed by atoms with van der Waals surface area (Å²) in [6, 6.07) is 4.86. The molecule has 2 rings (SSSR count). The molecule has 1 aromatic carbocycles. The lowest BCUT2D eigenvalue weighted by Gasteiger charge is -2.07. The summed E-state index contributed by atoms with van der Waals surface area (Å²) >= 11 is 0. The zero-order valence-electron chi connectivity index (χ0n) is 10.7. The second-order valence-corrected chi connectivity index (χ2v) is 4.19. The maximum Gasteiger partial charge on any atom is 0.346 e. The minimum Gasteiger partial charge on any atom is -0.486 e. The molecule has 0 saturated carbocycles. The zero-order chi connectivity index (χ0) is 13.8. The zero-order valence-corrected chi connectivity index (χ0v) is 10.7. The lowest BCUT2D eigenvalue weighted by Crippen LogP contribution is -2.06. The van der Waals surface area contributed by atoms with E-state index >= 15 is 0 Å². The summed E-state index contributed by atoms with van der Waals surface area (Å²) in [5.74, 6) is -0.0850. The normalized spacial score (nSPS) is 10.6. The molecule has 100 valence electrons. The van der Waals surface area contributed by atoms with Crippen molar-refractivity contribution in [3.63, 3.8) is 0 Å². The van der Waals surface area contributed by atoms with E-state index in [1.165, 1.54) is 12.1 Å². The summed E-state index contributed by atoms with van der Waals surface area (Å²) in [4.78, 5) is 11.8. The van der Waals surface area contributed by atoms with Crippen LogP contribution in [0.5, 0.6) is 5.75 Å². The van der Waals surface area contributed by atoms with Crippen molar-refractivity contribution in [2.45, 2.75) is 19.8 Å². The van der Waals surface area contributed by atoms with Gasteiger partial charge in [0.05, 0.1) is 0 Å². The Morgan fingerprint density at radius 3 is 2.95 bits per heavy atom. The Morgan fingerprint density at radius 2 is 2.26 bits per heavy atom. The molecular formula is C15H15FO3. The van der Waals surface area contributed by atoms with Gasteiger partial charge in [0, 0.05) is 6.42 Å². The standard InChI is InChI=1S/C15H15FO3/c1-3-5-11-9-10-6-7-12(18-8-4-2)14(16)13(10)15(17)19-11/h4,6-7,9H,2-3,5,8H2,1H3. The third-order valence-electron chi connectivity index (χ3n) is 2.74. The van der Waals surface area contributed by atoms with Crippen LogP contribution in [0.25, 0.3) is 10.8 Å². The topological polar surface area (TPSA) is 39.4 Å². The van der Waals surface area contributed by atoms with Gasteiger partial charge in [0.15, 0.2) is 11.6 Å². The van der Waals surface area contributed by atoms with Crippen LogP contribution in [0.3, 0.4) is 0 Å². The Labute approximate surface area is 110 Å². The fourth-order valence-electron chi connectivity index (χ4n) is 1.90. The molecule has 3 nitrogen and oxygen atoms in total. The largest absolute Gasteiger partial charge is 0.486 e. The Bertz CT molecular complexity index is 658. The quantitative estimate of drug-likeness (QED) is 0.775. The fourth-order valence-corrected chi connectivity index (χ4v) is 1.90.